The number of rotatable bonds is 1. The summed E-state index contributed by atoms with van der Waals surface area (Å²) in [5, 5.41) is 0. The molecule has 1 heterocycles. The quantitative estimate of drug-likeness (QED) is 0.862. The van der Waals surface area contributed by atoms with Crippen LogP contribution in [-0.4, -0.2) is 9.97 Å². The van der Waals surface area contributed by atoms with Gasteiger partial charge in [0.2, 0.25) is 0 Å². The van der Waals surface area contributed by atoms with Gasteiger partial charge in [0.1, 0.15) is 5.82 Å². The maximum atomic E-state index is 12.1. The van der Waals surface area contributed by atoms with Crippen LogP contribution >= 0.6 is 0 Å². The van der Waals surface area contributed by atoms with Gasteiger partial charge in [-0.25, -0.2) is 4.98 Å². The van der Waals surface area contributed by atoms with Crippen LogP contribution in [0.5, 0.6) is 0 Å². The van der Waals surface area contributed by atoms with E-state index in [1.165, 1.54) is 11.1 Å². The lowest BCUT2D eigenvalue weighted by molar-refractivity contribution is 0.550. The van der Waals surface area contributed by atoms with Gasteiger partial charge in [-0.1, -0.05) is 24.3 Å². The summed E-state index contributed by atoms with van der Waals surface area (Å²) in [6.45, 7) is 0. The molecule has 0 bridgehead atoms. The fourth-order valence-corrected chi connectivity index (χ4v) is 3.59. The maximum Gasteiger partial charge on any atom is 0.254 e. The molecule has 0 amide bonds. The molecule has 1 N–H and O–H groups in total. The van der Waals surface area contributed by atoms with Gasteiger partial charge < -0.3 is 4.98 Å². The minimum Gasteiger partial charge on any atom is -0.310 e. The minimum atomic E-state index is 0.0985. The van der Waals surface area contributed by atoms with E-state index in [-0.39, 0.29) is 5.56 Å². The van der Waals surface area contributed by atoms with Gasteiger partial charge in [-0.2, -0.15) is 0 Å². The maximum absolute atomic E-state index is 12.1. The summed E-state index contributed by atoms with van der Waals surface area (Å²) in [6, 6.07) is 8.62. The van der Waals surface area contributed by atoms with E-state index in [9.17, 15) is 4.79 Å². The standard InChI is InChI=1S/C17H18N2O/c20-17-14-6-3-7-15(14)18-16(19-17)13-9-8-11-4-1-2-5-12(11)10-13/h1-2,4-5,13H,3,6-10H2,(H,18,19,20). The summed E-state index contributed by atoms with van der Waals surface area (Å²) < 4.78 is 0. The number of benzene rings is 1. The van der Waals surface area contributed by atoms with Gasteiger partial charge in [-0.15, -0.1) is 0 Å². The Hall–Kier alpha value is -1.90. The first-order valence-electron chi connectivity index (χ1n) is 7.50. The highest BCUT2D eigenvalue weighted by atomic mass is 16.1. The molecule has 0 spiro atoms. The molecule has 2 aromatic rings. The largest absolute Gasteiger partial charge is 0.310 e. The van der Waals surface area contributed by atoms with Crippen molar-refractivity contribution in [1.82, 2.24) is 9.97 Å². The fourth-order valence-electron chi connectivity index (χ4n) is 3.59. The molecule has 0 saturated heterocycles. The van der Waals surface area contributed by atoms with Crippen molar-refractivity contribution in [2.24, 2.45) is 0 Å². The van der Waals surface area contributed by atoms with Crippen LogP contribution in [0, 0.1) is 0 Å². The molecular weight excluding hydrogens is 248 g/mol. The van der Waals surface area contributed by atoms with E-state index < -0.39 is 0 Å². The van der Waals surface area contributed by atoms with Crippen LogP contribution in [0.15, 0.2) is 29.1 Å². The van der Waals surface area contributed by atoms with Crippen LogP contribution in [0.4, 0.5) is 0 Å². The van der Waals surface area contributed by atoms with E-state index in [0.717, 1.165) is 55.6 Å². The molecule has 0 fully saturated rings. The summed E-state index contributed by atoms with van der Waals surface area (Å²) >= 11 is 0. The van der Waals surface area contributed by atoms with Gasteiger partial charge in [-0.05, 0) is 49.7 Å². The second-order valence-corrected chi connectivity index (χ2v) is 5.94. The summed E-state index contributed by atoms with van der Waals surface area (Å²) in [5.74, 6) is 1.27. The smallest absolute Gasteiger partial charge is 0.254 e. The first-order chi connectivity index (χ1) is 9.81. The molecule has 0 saturated carbocycles. The molecule has 3 heteroatoms. The molecule has 1 aromatic heterocycles. The van der Waals surface area contributed by atoms with Crippen LogP contribution in [-0.2, 0) is 25.7 Å². The lowest BCUT2D eigenvalue weighted by Gasteiger charge is -2.24. The molecule has 1 unspecified atom stereocenters. The Balaban J connectivity index is 1.70. The third-order valence-electron chi connectivity index (χ3n) is 4.69. The number of hydrogen-bond acceptors (Lipinski definition) is 2. The zero-order valence-corrected chi connectivity index (χ0v) is 11.5. The molecule has 1 atom stereocenters. The highest BCUT2D eigenvalue weighted by molar-refractivity contribution is 5.32. The number of aryl methyl sites for hydroxylation is 2. The Labute approximate surface area is 118 Å². The van der Waals surface area contributed by atoms with Gasteiger partial charge in [0.15, 0.2) is 0 Å². The van der Waals surface area contributed by atoms with Gasteiger partial charge >= 0.3 is 0 Å². The van der Waals surface area contributed by atoms with Crippen molar-refractivity contribution in [2.45, 2.75) is 44.4 Å². The fraction of sp³-hybridized carbons (Fsp3) is 0.412. The van der Waals surface area contributed by atoms with Crippen LogP contribution < -0.4 is 5.56 Å². The summed E-state index contributed by atoms with van der Waals surface area (Å²) in [5.41, 5.74) is 4.92. The van der Waals surface area contributed by atoms with Crippen LogP contribution in [0.3, 0.4) is 0 Å². The SMILES string of the molecule is O=c1[nH]c(C2CCc3ccccc3C2)nc2c1CCC2. The normalized spacial score (nSPS) is 20.5. The third kappa shape index (κ3) is 1.89. The summed E-state index contributed by atoms with van der Waals surface area (Å²) in [4.78, 5) is 19.9. The molecule has 1 aromatic carbocycles. The predicted molar refractivity (Wildman–Crippen MR) is 78.1 cm³/mol. The van der Waals surface area contributed by atoms with Gasteiger partial charge in [0, 0.05) is 11.5 Å². The zero-order chi connectivity index (χ0) is 13.5. The molecule has 20 heavy (non-hydrogen) atoms. The highest BCUT2D eigenvalue weighted by Crippen LogP contribution is 2.31. The van der Waals surface area contributed by atoms with E-state index in [2.05, 4.69) is 29.2 Å². The van der Waals surface area contributed by atoms with Crippen molar-refractivity contribution < 1.29 is 0 Å². The van der Waals surface area contributed by atoms with Crippen LogP contribution in [0.2, 0.25) is 0 Å². The van der Waals surface area contributed by atoms with E-state index in [4.69, 9.17) is 4.98 Å². The topological polar surface area (TPSA) is 45.8 Å². The second-order valence-electron chi connectivity index (χ2n) is 5.94. The average Bonchev–Trinajstić information content (AvgIpc) is 2.96. The van der Waals surface area contributed by atoms with Gasteiger partial charge in [0.05, 0.1) is 5.69 Å². The van der Waals surface area contributed by atoms with Gasteiger partial charge in [-0.3, -0.25) is 4.79 Å². The zero-order valence-electron chi connectivity index (χ0n) is 11.5. The molecule has 2 aliphatic carbocycles. The molecule has 0 radical (unpaired) electrons. The molecule has 4 rings (SSSR count). The number of fused-ring (bicyclic) bond motifs is 2. The molecular formula is C17H18N2O. The van der Waals surface area contributed by atoms with Crippen molar-refractivity contribution in [2.75, 3.05) is 0 Å². The van der Waals surface area contributed by atoms with Crippen molar-refractivity contribution >= 4 is 0 Å². The Morgan fingerprint density at radius 1 is 1.10 bits per heavy atom. The van der Waals surface area contributed by atoms with E-state index in [1.807, 2.05) is 0 Å². The van der Waals surface area contributed by atoms with E-state index in [0.29, 0.717) is 5.92 Å². The van der Waals surface area contributed by atoms with Crippen molar-refractivity contribution in [3.63, 3.8) is 0 Å². The van der Waals surface area contributed by atoms with E-state index >= 15 is 0 Å². The Kier molecular flexibility index (Phi) is 2.72. The molecule has 102 valence electrons. The minimum absolute atomic E-state index is 0.0985. The van der Waals surface area contributed by atoms with Crippen molar-refractivity contribution in [1.29, 1.82) is 0 Å². The Morgan fingerprint density at radius 2 is 1.95 bits per heavy atom. The molecule has 0 aliphatic heterocycles. The number of hydrogen-bond donors (Lipinski definition) is 1. The molecule has 3 nitrogen and oxygen atoms in total. The van der Waals surface area contributed by atoms with Crippen LogP contribution in [0.1, 0.15) is 47.0 Å². The Morgan fingerprint density at radius 3 is 2.85 bits per heavy atom. The molecule has 2 aliphatic rings. The number of nitrogens with one attached hydrogen (secondary N) is 1. The average molecular weight is 266 g/mol. The predicted octanol–water partition coefficient (Wildman–Crippen LogP) is 2.53. The second kappa shape index (κ2) is 4.58. The van der Waals surface area contributed by atoms with Gasteiger partial charge in [0.25, 0.3) is 5.56 Å². The van der Waals surface area contributed by atoms with Crippen molar-refractivity contribution in [3.05, 3.63) is 62.8 Å². The number of aromatic nitrogens is 2. The summed E-state index contributed by atoms with van der Waals surface area (Å²) in [6.07, 6.45) is 6.10. The first kappa shape index (κ1) is 11.9. The number of H-pyrrole nitrogens is 1. The van der Waals surface area contributed by atoms with Crippen molar-refractivity contribution in [3.8, 4) is 0 Å². The lowest BCUT2D eigenvalue weighted by Crippen LogP contribution is -2.22. The first-order valence-corrected chi connectivity index (χ1v) is 7.50. The Bertz CT molecular complexity index is 717. The lowest BCUT2D eigenvalue weighted by atomic mass is 9.83. The highest BCUT2D eigenvalue weighted by Gasteiger charge is 2.24. The number of nitrogens with zero attached hydrogens (tertiary/aromatic N) is 1. The third-order valence-corrected chi connectivity index (χ3v) is 4.69. The van der Waals surface area contributed by atoms with Crippen LogP contribution in [0.25, 0.3) is 0 Å². The summed E-state index contributed by atoms with van der Waals surface area (Å²) in [7, 11) is 0. The number of aromatic amines is 1. The monoisotopic (exact) mass is 266 g/mol. The van der Waals surface area contributed by atoms with E-state index in [1.54, 1.807) is 0 Å².